The molecule has 0 unspecified atom stereocenters. The molecule has 1 aliphatic heterocycles. The van der Waals surface area contributed by atoms with Gasteiger partial charge in [0.25, 0.3) is 0 Å². The van der Waals surface area contributed by atoms with Crippen molar-refractivity contribution >= 4 is 17.6 Å². The first-order valence-corrected chi connectivity index (χ1v) is 11.4. The van der Waals surface area contributed by atoms with Crippen LogP contribution in [0.1, 0.15) is 23.1 Å². The van der Waals surface area contributed by atoms with Crippen LogP contribution in [-0.4, -0.2) is 33.1 Å². The molecule has 2 N–H and O–H groups in total. The maximum atomic E-state index is 9.98. The summed E-state index contributed by atoms with van der Waals surface area (Å²) in [6.07, 6.45) is 4.65. The summed E-state index contributed by atoms with van der Waals surface area (Å²) in [6.45, 7) is 1.57. The predicted octanol–water partition coefficient (Wildman–Crippen LogP) is 4.77. The van der Waals surface area contributed by atoms with Crippen LogP contribution in [0.2, 0.25) is 0 Å². The minimum Gasteiger partial charge on any atom is -0.392 e. The van der Waals surface area contributed by atoms with E-state index < -0.39 is 0 Å². The summed E-state index contributed by atoms with van der Waals surface area (Å²) in [7, 11) is 0. The molecular weight excluding hydrogens is 410 g/mol. The third-order valence-electron chi connectivity index (χ3n) is 5.92. The highest BCUT2D eigenvalue weighted by atomic mass is 16.3. The second kappa shape index (κ2) is 9.79. The summed E-state index contributed by atoms with van der Waals surface area (Å²) in [5, 5.41) is 13.3. The molecule has 2 aromatic carbocycles. The highest BCUT2D eigenvalue weighted by molar-refractivity contribution is 5.70. The maximum Gasteiger partial charge on any atom is 0.224 e. The van der Waals surface area contributed by atoms with Gasteiger partial charge in [0.15, 0.2) is 0 Å². The van der Waals surface area contributed by atoms with Crippen molar-refractivity contribution in [3.63, 3.8) is 0 Å². The van der Waals surface area contributed by atoms with Gasteiger partial charge in [-0.3, -0.25) is 0 Å². The quantitative estimate of drug-likeness (QED) is 0.434. The molecule has 6 nitrogen and oxygen atoms in total. The normalized spacial score (nSPS) is 12.9. The summed E-state index contributed by atoms with van der Waals surface area (Å²) in [5.74, 6) is 2.36. The van der Waals surface area contributed by atoms with Gasteiger partial charge in [0.05, 0.1) is 12.3 Å². The lowest BCUT2D eigenvalue weighted by atomic mass is 9.99. The average Bonchev–Trinajstić information content (AvgIpc) is 2.89. The number of aliphatic hydroxyl groups is 1. The number of hydrogen-bond donors (Lipinski definition) is 2. The molecule has 0 atom stereocenters. The zero-order chi connectivity index (χ0) is 22.5. The monoisotopic (exact) mass is 437 g/mol. The smallest absolute Gasteiger partial charge is 0.224 e. The lowest BCUT2D eigenvalue weighted by Gasteiger charge is -2.30. The van der Waals surface area contributed by atoms with Crippen LogP contribution in [0.15, 0.2) is 79.0 Å². The van der Waals surface area contributed by atoms with Crippen molar-refractivity contribution in [2.45, 2.75) is 25.9 Å². The standard InChI is InChI=1S/C27H27N5O/c33-19-23-18-22-12-7-17-32(26(22)31-25(23)21-10-5-2-6-11-21)24-14-16-29-27(30-24)28-15-13-20-8-3-1-4-9-20/h1-6,8-11,14,16,18,33H,7,12-13,15,17,19H2,(H,28,29,30). The number of aryl methyl sites for hydroxylation is 1. The van der Waals surface area contributed by atoms with Crippen LogP contribution in [0.5, 0.6) is 0 Å². The number of aliphatic hydroxyl groups excluding tert-OH is 1. The van der Waals surface area contributed by atoms with Crippen LogP contribution in [-0.2, 0) is 19.4 Å². The molecular formula is C27H27N5O. The largest absolute Gasteiger partial charge is 0.392 e. The van der Waals surface area contributed by atoms with Crippen molar-refractivity contribution in [2.75, 3.05) is 23.3 Å². The van der Waals surface area contributed by atoms with Crippen molar-refractivity contribution in [3.05, 3.63) is 95.7 Å². The van der Waals surface area contributed by atoms with Gasteiger partial charge in [-0.2, -0.15) is 4.98 Å². The van der Waals surface area contributed by atoms with E-state index >= 15 is 0 Å². The van der Waals surface area contributed by atoms with Gasteiger partial charge in [-0.05, 0) is 42.5 Å². The van der Waals surface area contributed by atoms with E-state index in [4.69, 9.17) is 9.97 Å². The van der Waals surface area contributed by atoms with Gasteiger partial charge < -0.3 is 15.3 Å². The van der Waals surface area contributed by atoms with Gasteiger partial charge in [-0.1, -0.05) is 60.7 Å². The number of rotatable bonds is 7. The molecule has 2 aromatic heterocycles. The molecule has 0 fully saturated rings. The first-order valence-electron chi connectivity index (χ1n) is 11.4. The molecule has 0 saturated heterocycles. The third kappa shape index (κ3) is 4.71. The van der Waals surface area contributed by atoms with E-state index in [1.54, 1.807) is 6.20 Å². The molecule has 166 valence electrons. The number of hydrogen-bond acceptors (Lipinski definition) is 6. The molecule has 5 rings (SSSR count). The SMILES string of the molecule is OCc1cc2c(nc1-c1ccccc1)N(c1ccnc(NCCc3ccccc3)n1)CCC2. The van der Waals surface area contributed by atoms with Crippen LogP contribution in [0.4, 0.5) is 17.6 Å². The topological polar surface area (TPSA) is 74.2 Å². The Morgan fingerprint density at radius 1 is 0.939 bits per heavy atom. The Kier molecular flexibility index (Phi) is 6.26. The second-order valence-corrected chi connectivity index (χ2v) is 8.16. The predicted molar refractivity (Wildman–Crippen MR) is 132 cm³/mol. The molecule has 33 heavy (non-hydrogen) atoms. The van der Waals surface area contributed by atoms with E-state index in [0.717, 1.165) is 66.4 Å². The van der Waals surface area contributed by atoms with E-state index in [-0.39, 0.29) is 6.61 Å². The first kappa shape index (κ1) is 21.1. The molecule has 0 aliphatic carbocycles. The zero-order valence-corrected chi connectivity index (χ0v) is 18.5. The molecule has 0 spiro atoms. The summed E-state index contributed by atoms with van der Waals surface area (Å²) >= 11 is 0. The molecule has 0 bridgehead atoms. The number of benzene rings is 2. The van der Waals surface area contributed by atoms with Gasteiger partial charge in [0.2, 0.25) is 5.95 Å². The fourth-order valence-electron chi connectivity index (χ4n) is 4.28. The molecule has 0 saturated carbocycles. The number of aromatic nitrogens is 3. The van der Waals surface area contributed by atoms with Gasteiger partial charge in [0.1, 0.15) is 11.6 Å². The lowest BCUT2D eigenvalue weighted by Crippen LogP contribution is -2.27. The molecule has 6 heteroatoms. The van der Waals surface area contributed by atoms with Gasteiger partial charge in [-0.15, -0.1) is 0 Å². The van der Waals surface area contributed by atoms with Crippen molar-refractivity contribution in [3.8, 4) is 11.3 Å². The van der Waals surface area contributed by atoms with E-state index in [2.05, 4.69) is 45.5 Å². The average molecular weight is 438 g/mol. The Labute approximate surface area is 194 Å². The van der Waals surface area contributed by atoms with Crippen LogP contribution in [0, 0.1) is 0 Å². The van der Waals surface area contributed by atoms with Gasteiger partial charge in [0, 0.05) is 30.4 Å². The molecule has 0 amide bonds. The highest BCUT2D eigenvalue weighted by Gasteiger charge is 2.23. The van der Waals surface area contributed by atoms with Crippen molar-refractivity contribution in [1.82, 2.24) is 15.0 Å². The fraction of sp³-hybridized carbons (Fsp3) is 0.222. The fourth-order valence-corrected chi connectivity index (χ4v) is 4.28. The number of anilines is 3. The van der Waals surface area contributed by atoms with Crippen LogP contribution in [0.25, 0.3) is 11.3 Å². The maximum absolute atomic E-state index is 9.98. The third-order valence-corrected chi connectivity index (χ3v) is 5.92. The Hall–Kier alpha value is -3.77. The Morgan fingerprint density at radius 2 is 1.73 bits per heavy atom. The van der Waals surface area contributed by atoms with Crippen molar-refractivity contribution in [1.29, 1.82) is 0 Å². The lowest BCUT2D eigenvalue weighted by molar-refractivity contribution is 0.282. The van der Waals surface area contributed by atoms with E-state index in [0.29, 0.717) is 5.95 Å². The van der Waals surface area contributed by atoms with E-state index in [9.17, 15) is 5.11 Å². The van der Waals surface area contributed by atoms with E-state index in [1.165, 1.54) is 5.56 Å². The zero-order valence-electron chi connectivity index (χ0n) is 18.5. The summed E-state index contributed by atoms with van der Waals surface area (Å²) in [5.41, 5.74) is 5.10. The Bertz CT molecular complexity index is 1210. The van der Waals surface area contributed by atoms with Crippen molar-refractivity contribution in [2.24, 2.45) is 0 Å². The Balaban J connectivity index is 1.41. The Morgan fingerprint density at radius 3 is 2.52 bits per heavy atom. The number of pyridine rings is 1. The van der Waals surface area contributed by atoms with Crippen LogP contribution >= 0.6 is 0 Å². The minimum absolute atomic E-state index is 0.0342. The first-order chi connectivity index (χ1) is 16.3. The molecule has 1 aliphatic rings. The summed E-state index contributed by atoms with van der Waals surface area (Å²) < 4.78 is 0. The number of nitrogens with one attached hydrogen (secondary N) is 1. The molecule has 3 heterocycles. The van der Waals surface area contributed by atoms with Crippen LogP contribution in [0.3, 0.4) is 0 Å². The van der Waals surface area contributed by atoms with Gasteiger partial charge in [-0.25, -0.2) is 9.97 Å². The molecule has 4 aromatic rings. The van der Waals surface area contributed by atoms with Crippen molar-refractivity contribution < 1.29 is 5.11 Å². The van der Waals surface area contributed by atoms with Gasteiger partial charge >= 0.3 is 0 Å². The highest BCUT2D eigenvalue weighted by Crippen LogP contribution is 2.35. The van der Waals surface area contributed by atoms with E-state index in [1.807, 2.05) is 42.5 Å². The number of nitrogens with zero attached hydrogens (tertiary/aromatic N) is 4. The summed E-state index contributed by atoms with van der Waals surface area (Å²) in [4.78, 5) is 16.4. The number of fused-ring (bicyclic) bond motifs is 1. The summed E-state index contributed by atoms with van der Waals surface area (Å²) in [6, 6.07) is 24.4. The molecule has 0 radical (unpaired) electrons. The minimum atomic E-state index is -0.0342. The van der Waals surface area contributed by atoms with Crippen LogP contribution < -0.4 is 10.2 Å². The second-order valence-electron chi connectivity index (χ2n) is 8.16.